The molecule has 0 aromatic rings. The van der Waals surface area contributed by atoms with Crippen molar-refractivity contribution < 1.29 is 4.74 Å². The number of azide groups is 2. The van der Waals surface area contributed by atoms with Crippen LogP contribution in [0.15, 0.2) is 10.2 Å². The van der Waals surface area contributed by atoms with E-state index in [0.29, 0.717) is 0 Å². The first-order chi connectivity index (χ1) is 4.41. The van der Waals surface area contributed by atoms with Crippen LogP contribution in [0.4, 0.5) is 0 Å². The first-order valence-electron chi connectivity index (χ1n) is 2.01. The molecule has 0 fully saturated rings. The Morgan fingerprint density at radius 2 is 1.56 bits per heavy atom. The first-order valence-corrected chi connectivity index (χ1v) is 2.01. The summed E-state index contributed by atoms with van der Waals surface area (Å²) in [4.78, 5) is 4.80. The van der Waals surface area contributed by atoms with E-state index in [4.69, 9.17) is 11.1 Å². The van der Waals surface area contributed by atoms with Crippen molar-refractivity contribution in [2.45, 2.75) is 0 Å². The lowest BCUT2D eigenvalue weighted by Crippen LogP contribution is -1.87. The van der Waals surface area contributed by atoms with Crippen molar-refractivity contribution in [2.75, 3.05) is 13.5 Å². The Morgan fingerprint density at radius 3 is 1.89 bits per heavy atom. The van der Waals surface area contributed by atoms with Gasteiger partial charge < -0.3 is 4.74 Å². The van der Waals surface area contributed by atoms with Gasteiger partial charge in [-0.25, -0.2) is 0 Å². The Hall–Kier alpha value is -1.42. The third-order valence-electron chi connectivity index (χ3n) is 0.425. The van der Waals surface area contributed by atoms with Crippen molar-refractivity contribution in [3.8, 4) is 0 Å². The second-order valence-corrected chi connectivity index (χ2v) is 0.924. The molecule has 0 N–H and O–H groups in total. The third kappa shape index (κ3) is 6.58. The van der Waals surface area contributed by atoms with Crippen LogP contribution in [0.2, 0.25) is 0 Å². The second kappa shape index (κ2) is 6.58. The van der Waals surface area contributed by atoms with Gasteiger partial charge in [0, 0.05) is 9.82 Å². The molecular weight excluding hydrogens is 124 g/mol. The van der Waals surface area contributed by atoms with Crippen LogP contribution in [-0.2, 0) is 4.74 Å². The zero-order valence-electron chi connectivity index (χ0n) is 4.51. The van der Waals surface area contributed by atoms with Crippen molar-refractivity contribution in [3.05, 3.63) is 20.9 Å². The Bertz CT molecular complexity index is 134. The summed E-state index contributed by atoms with van der Waals surface area (Å²) in [5.41, 5.74) is 15.4. The first kappa shape index (κ1) is 7.58. The SMILES string of the molecule is [N-]=[N+]=NCOCN=[N+]=[N-]. The number of hydrogen-bond acceptors (Lipinski definition) is 3. The van der Waals surface area contributed by atoms with Gasteiger partial charge >= 0.3 is 0 Å². The average Bonchev–Trinajstić information content (AvgIpc) is 1.89. The summed E-state index contributed by atoms with van der Waals surface area (Å²) < 4.78 is 4.47. The van der Waals surface area contributed by atoms with E-state index in [9.17, 15) is 0 Å². The maximum Gasteiger partial charge on any atom is 0.126 e. The standard InChI is InChI=1S/C2H4N6O/c3-7-5-1-9-2-6-8-4/h1-2H2. The maximum absolute atomic E-state index is 7.70. The quantitative estimate of drug-likeness (QED) is 0.243. The van der Waals surface area contributed by atoms with E-state index in [1.807, 2.05) is 0 Å². The van der Waals surface area contributed by atoms with Crippen LogP contribution in [0.1, 0.15) is 0 Å². The largest absolute Gasteiger partial charge is 0.369 e. The minimum Gasteiger partial charge on any atom is -0.369 e. The summed E-state index contributed by atoms with van der Waals surface area (Å²) in [5, 5.41) is 6.04. The lowest BCUT2D eigenvalue weighted by atomic mass is 11.2. The molecule has 0 spiro atoms. The van der Waals surface area contributed by atoms with Gasteiger partial charge in [0.25, 0.3) is 0 Å². The molecule has 0 radical (unpaired) electrons. The topological polar surface area (TPSA) is 107 Å². The normalized spacial score (nSPS) is 7.11. The molecule has 0 bridgehead atoms. The maximum atomic E-state index is 7.70. The van der Waals surface area contributed by atoms with Crippen LogP contribution < -0.4 is 0 Å². The minimum atomic E-state index is -0.102. The molecule has 0 rings (SSSR count). The summed E-state index contributed by atoms with van der Waals surface area (Å²) >= 11 is 0. The van der Waals surface area contributed by atoms with Crippen LogP contribution >= 0.6 is 0 Å². The number of nitrogens with zero attached hydrogens (tertiary/aromatic N) is 6. The Labute approximate surface area is 50.5 Å². The van der Waals surface area contributed by atoms with Gasteiger partial charge in [-0.3, -0.25) is 0 Å². The zero-order chi connectivity index (χ0) is 6.95. The molecule has 0 aliphatic carbocycles. The molecule has 0 atom stereocenters. The van der Waals surface area contributed by atoms with Gasteiger partial charge in [0.15, 0.2) is 0 Å². The highest BCUT2D eigenvalue weighted by Crippen LogP contribution is 1.77. The summed E-state index contributed by atoms with van der Waals surface area (Å²) in [7, 11) is 0. The second-order valence-electron chi connectivity index (χ2n) is 0.924. The third-order valence-corrected chi connectivity index (χ3v) is 0.425. The minimum absolute atomic E-state index is 0.102. The van der Waals surface area contributed by atoms with E-state index in [-0.39, 0.29) is 13.5 Å². The van der Waals surface area contributed by atoms with Crippen molar-refractivity contribution in [1.29, 1.82) is 0 Å². The van der Waals surface area contributed by atoms with E-state index in [2.05, 4.69) is 24.8 Å². The van der Waals surface area contributed by atoms with Crippen molar-refractivity contribution in [2.24, 2.45) is 10.2 Å². The fourth-order valence-corrected chi connectivity index (χ4v) is 0.174. The Morgan fingerprint density at radius 1 is 1.11 bits per heavy atom. The lowest BCUT2D eigenvalue weighted by Gasteiger charge is -1.87. The van der Waals surface area contributed by atoms with E-state index in [1.54, 1.807) is 0 Å². The number of rotatable bonds is 4. The molecule has 0 aromatic heterocycles. The van der Waals surface area contributed by atoms with E-state index < -0.39 is 0 Å². The molecule has 0 aromatic carbocycles. The molecule has 0 saturated heterocycles. The fourth-order valence-electron chi connectivity index (χ4n) is 0.174. The molecule has 0 unspecified atom stereocenters. The highest BCUT2D eigenvalue weighted by Gasteiger charge is 1.75. The van der Waals surface area contributed by atoms with Gasteiger partial charge in [0.1, 0.15) is 13.5 Å². The van der Waals surface area contributed by atoms with Gasteiger partial charge in [-0.2, -0.15) is 0 Å². The Balaban J connectivity index is 3.09. The fraction of sp³-hybridized carbons (Fsp3) is 1.00. The molecular formula is C2H4N6O. The van der Waals surface area contributed by atoms with Gasteiger partial charge in [-0.05, 0) is 11.1 Å². The van der Waals surface area contributed by atoms with Crippen LogP contribution in [-0.4, -0.2) is 13.5 Å². The lowest BCUT2D eigenvalue weighted by molar-refractivity contribution is 0.148. The van der Waals surface area contributed by atoms with Crippen LogP contribution in [0.5, 0.6) is 0 Å². The molecule has 0 heterocycles. The molecule has 0 saturated carbocycles. The predicted octanol–water partition coefficient (Wildman–Crippen LogP) is 1.54. The van der Waals surface area contributed by atoms with Crippen LogP contribution in [0.3, 0.4) is 0 Å². The highest BCUT2D eigenvalue weighted by molar-refractivity contribution is 4.38. The Kier molecular flexibility index (Phi) is 5.54. The highest BCUT2D eigenvalue weighted by atomic mass is 16.5. The summed E-state index contributed by atoms with van der Waals surface area (Å²) in [6.45, 7) is -0.203. The number of ether oxygens (including phenoxy) is 1. The van der Waals surface area contributed by atoms with Crippen molar-refractivity contribution in [3.63, 3.8) is 0 Å². The van der Waals surface area contributed by atoms with Gasteiger partial charge in [0.2, 0.25) is 0 Å². The molecule has 7 nitrogen and oxygen atoms in total. The molecule has 0 aliphatic heterocycles. The summed E-state index contributed by atoms with van der Waals surface area (Å²) in [6, 6.07) is 0. The van der Waals surface area contributed by atoms with Gasteiger partial charge in [0.05, 0.1) is 0 Å². The van der Waals surface area contributed by atoms with E-state index >= 15 is 0 Å². The monoisotopic (exact) mass is 128 g/mol. The molecule has 9 heavy (non-hydrogen) atoms. The average molecular weight is 128 g/mol. The van der Waals surface area contributed by atoms with Crippen LogP contribution in [0.25, 0.3) is 20.9 Å². The smallest absolute Gasteiger partial charge is 0.126 e. The van der Waals surface area contributed by atoms with E-state index in [1.165, 1.54) is 0 Å². The molecule has 48 valence electrons. The summed E-state index contributed by atoms with van der Waals surface area (Å²) in [5.74, 6) is 0. The molecule has 0 aliphatic rings. The predicted molar refractivity (Wildman–Crippen MR) is 29.1 cm³/mol. The van der Waals surface area contributed by atoms with Gasteiger partial charge in [-0.15, -0.1) is 0 Å². The van der Waals surface area contributed by atoms with Crippen molar-refractivity contribution >= 4 is 0 Å². The van der Waals surface area contributed by atoms with Crippen molar-refractivity contribution in [1.82, 2.24) is 0 Å². The number of hydrogen-bond donors (Lipinski definition) is 0. The summed E-state index contributed by atoms with van der Waals surface area (Å²) in [6.07, 6.45) is 0. The van der Waals surface area contributed by atoms with Crippen LogP contribution in [0, 0.1) is 0 Å². The molecule has 7 heteroatoms. The van der Waals surface area contributed by atoms with Gasteiger partial charge in [-0.1, -0.05) is 10.2 Å². The molecule has 0 amide bonds. The van der Waals surface area contributed by atoms with E-state index in [0.717, 1.165) is 0 Å². The zero-order valence-corrected chi connectivity index (χ0v) is 4.51.